The van der Waals surface area contributed by atoms with Crippen molar-refractivity contribution in [1.82, 2.24) is 4.90 Å². The van der Waals surface area contributed by atoms with E-state index < -0.39 is 17.1 Å². The maximum absolute atomic E-state index is 12.7. The first kappa shape index (κ1) is 23.8. The number of halogens is 1. The predicted octanol–water partition coefficient (Wildman–Crippen LogP) is 6.01. The maximum atomic E-state index is 12.7. The molecule has 0 aliphatic carbocycles. The zero-order chi connectivity index (χ0) is 24.1. The summed E-state index contributed by atoms with van der Waals surface area (Å²) in [5, 5.41) is 2.21. The fourth-order valence-electron chi connectivity index (χ4n) is 3.29. The van der Waals surface area contributed by atoms with Gasteiger partial charge in [0.1, 0.15) is 18.9 Å². The summed E-state index contributed by atoms with van der Waals surface area (Å²) in [6, 6.07) is 22.4. The quantitative estimate of drug-likeness (QED) is 0.374. The van der Waals surface area contributed by atoms with Gasteiger partial charge in [0.2, 0.25) is 5.91 Å². The Balaban J connectivity index is 1.35. The normalized spacial score (nSPS) is 14.5. The molecule has 0 unspecified atom stereocenters. The molecule has 3 aromatic rings. The summed E-state index contributed by atoms with van der Waals surface area (Å²) in [7, 11) is 0. The topological polar surface area (TPSA) is 75.7 Å². The number of imide groups is 1. The third kappa shape index (κ3) is 6.15. The second kappa shape index (κ2) is 10.7. The van der Waals surface area contributed by atoms with Crippen molar-refractivity contribution < 1.29 is 19.1 Å². The first-order valence-electron chi connectivity index (χ1n) is 10.5. The molecular formula is C26H21BrN2O4S. The Hall–Kier alpha value is -3.36. The van der Waals surface area contributed by atoms with Crippen LogP contribution in [0.4, 0.5) is 10.5 Å². The van der Waals surface area contributed by atoms with Crippen LogP contribution in [0.1, 0.15) is 16.7 Å². The molecule has 1 heterocycles. The molecule has 4 rings (SSSR count). The van der Waals surface area contributed by atoms with Gasteiger partial charge in [-0.25, -0.2) is 0 Å². The second-order valence-corrected chi connectivity index (χ2v) is 9.58. The number of benzene rings is 3. The van der Waals surface area contributed by atoms with E-state index in [-0.39, 0.29) is 11.4 Å². The fourth-order valence-corrected chi connectivity index (χ4v) is 4.40. The number of ether oxygens (including phenoxy) is 1. The Labute approximate surface area is 210 Å². The Kier molecular flexibility index (Phi) is 7.49. The van der Waals surface area contributed by atoms with Crippen LogP contribution in [0, 0.1) is 6.92 Å². The summed E-state index contributed by atoms with van der Waals surface area (Å²) in [5.74, 6) is -0.224. The van der Waals surface area contributed by atoms with Crippen LogP contribution in [0.3, 0.4) is 0 Å². The number of amides is 3. The molecule has 34 heavy (non-hydrogen) atoms. The van der Waals surface area contributed by atoms with Crippen molar-refractivity contribution in [3.63, 3.8) is 0 Å². The number of thioether (sulfide) groups is 1. The van der Waals surface area contributed by atoms with Gasteiger partial charge >= 0.3 is 0 Å². The van der Waals surface area contributed by atoms with E-state index in [2.05, 4.69) is 27.3 Å². The van der Waals surface area contributed by atoms with E-state index in [0.29, 0.717) is 18.0 Å². The summed E-state index contributed by atoms with van der Waals surface area (Å²) >= 11 is 4.15. The molecule has 0 bridgehead atoms. The molecule has 3 aromatic carbocycles. The summed E-state index contributed by atoms with van der Waals surface area (Å²) in [6.45, 7) is 2.15. The highest BCUT2D eigenvalue weighted by atomic mass is 79.9. The lowest BCUT2D eigenvalue weighted by Gasteiger charge is -2.12. The van der Waals surface area contributed by atoms with Crippen molar-refractivity contribution in [2.24, 2.45) is 0 Å². The number of anilines is 1. The van der Waals surface area contributed by atoms with Gasteiger partial charge < -0.3 is 10.1 Å². The molecule has 0 saturated carbocycles. The van der Waals surface area contributed by atoms with E-state index >= 15 is 0 Å². The number of rotatable bonds is 7. The lowest BCUT2D eigenvalue weighted by molar-refractivity contribution is -0.127. The fraction of sp³-hybridized carbons (Fsp3) is 0.115. The predicted molar refractivity (Wildman–Crippen MR) is 137 cm³/mol. The van der Waals surface area contributed by atoms with Gasteiger partial charge in [0.25, 0.3) is 11.1 Å². The number of carbonyl (C=O) groups excluding carboxylic acids is 3. The second-order valence-electron chi connectivity index (χ2n) is 7.67. The average Bonchev–Trinajstić information content (AvgIpc) is 3.07. The van der Waals surface area contributed by atoms with Crippen LogP contribution in [0.2, 0.25) is 0 Å². The SMILES string of the molecule is Cc1cccc(COc2ccc(/C=C3/SC(=O)N(CC(=O)Nc4ccc(Br)cc4)C3=O)cc2)c1. The third-order valence-electron chi connectivity index (χ3n) is 4.97. The van der Waals surface area contributed by atoms with E-state index in [0.717, 1.165) is 32.3 Å². The molecular weight excluding hydrogens is 516 g/mol. The number of hydrogen-bond acceptors (Lipinski definition) is 5. The van der Waals surface area contributed by atoms with Crippen LogP contribution in [-0.2, 0) is 16.2 Å². The highest BCUT2D eigenvalue weighted by molar-refractivity contribution is 9.10. The summed E-state index contributed by atoms with van der Waals surface area (Å²) in [5.41, 5.74) is 3.60. The van der Waals surface area contributed by atoms with Gasteiger partial charge in [-0.05, 0) is 72.3 Å². The summed E-state index contributed by atoms with van der Waals surface area (Å²) in [4.78, 5) is 38.6. The van der Waals surface area contributed by atoms with E-state index in [1.807, 2.05) is 49.4 Å². The molecule has 3 amide bonds. The van der Waals surface area contributed by atoms with Gasteiger partial charge in [-0.1, -0.05) is 57.9 Å². The minimum absolute atomic E-state index is 0.273. The van der Waals surface area contributed by atoms with Crippen LogP contribution in [0.5, 0.6) is 5.75 Å². The monoisotopic (exact) mass is 536 g/mol. The van der Waals surface area contributed by atoms with Crippen LogP contribution < -0.4 is 10.1 Å². The van der Waals surface area contributed by atoms with E-state index in [1.54, 1.807) is 30.3 Å². The van der Waals surface area contributed by atoms with Crippen LogP contribution >= 0.6 is 27.7 Å². The molecule has 1 fully saturated rings. The molecule has 1 N–H and O–H groups in total. The lowest BCUT2D eigenvalue weighted by Crippen LogP contribution is -2.36. The molecule has 1 aliphatic rings. The summed E-state index contributed by atoms with van der Waals surface area (Å²) < 4.78 is 6.71. The molecule has 0 aromatic heterocycles. The van der Waals surface area contributed by atoms with Crippen molar-refractivity contribution in [2.45, 2.75) is 13.5 Å². The van der Waals surface area contributed by atoms with Gasteiger partial charge in [-0.2, -0.15) is 0 Å². The average molecular weight is 537 g/mol. The zero-order valence-electron chi connectivity index (χ0n) is 18.3. The van der Waals surface area contributed by atoms with Gasteiger partial charge in [0.05, 0.1) is 4.91 Å². The largest absolute Gasteiger partial charge is 0.489 e. The first-order valence-corrected chi connectivity index (χ1v) is 12.1. The van der Waals surface area contributed by atoms with Gasteiger partial charge in [-0.15, -0.1) is 0 Å². The molecule has 0 spiro atoms. The molecule has 0 atom stereocenters. The van der Waals surface area contributed by atoms with Crippen molar-refractivity contribution in [1.29, 1.82) is 0 Å². The Morgan fingerprint density at radius 3 is 2.50 bits per heavy atom. The Morgan fingerprint density at radius 2 is 1.79 bits per heavy atom. The minimum Gasteiger partial charge on any atom is -0.489 e. The van der Waals surface area contributed by atoms with Crippen molar-refractivity contribution in [2.75, 3.05) is 11.9 Å². The number of hydrogen-bond donors (Lipinski definition) is 1. The number of nitrogens with zero attached hydrogens (tertiary/aromatic N) is 1. The molecule has 8 heteroatoms. The number of carbonyl (C=O) groups is 3. The van der Waals surface area contributed by atoms with Crippen molar-refractivity contribution in [3.05, 3.63) is 98.9 Å². The molecule has 172 valence electrons. The molecule has 0 radical (unpaired) electrons. The highest BCUT2D eigenvalue weighted by Crippen LogP contribution is 2.32. The van der Waals surface area contributed by atoms with Crippen LogP contribution in [0.15, 0.2) is 82.2 Å². The van der Waals surface area contributed by atoms with E-state index in [4.69, 9.17) is 4.74 Å². The van der Waals surface area contributed by atoms with E-state index in [9.17, 15) is 14.4 Å². The number of nitrogens with one attached hydrogen (secondary N) is 1. The van der Waals surface area contributed by atoms with Gasteiger partial charge in [0, 0.05) is 10.2 Å². The van der Waals surface area contributed by atoms with Crippen molar-refractivity contribution in [3.8, 4) is 5.75 Å². The standard InChI is InChI=1S/C26H21BrN2O4S/c1-17-3-2-4-19(13-17)16-33-22-11-5-18(6-12-22)14-23-25(31)29(26(32)34-23)15-24(30)28-21-9-7-20(27)8-10-21/h2-14H,15-16H2,1H3,(H,28,30)/b23-14+. The molecule has 6 nitrogen and oxygen atoms in total. The zero-order valence-corrected chi connectivity index (χ0v) is 20.7. The summed E-state index contributed by atoms with van der Waals surface area (Å²) in [6.07, 6.45) is 1.64. The Bertz CT molecular complexity index is 1260. The van der Waals surface area contributed by atoms with Crippen LogP contribution in [-0.4, -0.2) is 28.5 Å². The van der Waals surface area contributed by atoms with Gasteiger partial charge in [-0.3, -0.25) is 19.3 Å². The lowest BCUT2D eigenvalue weighted by atomic mass is 10.1. The smallest absolute Gasteiger partial charge is 0.294 e. The third-order valence-corrected chi connectivity index (χ3v) is 6.41. The Morgan fingerprint density at radius 1 is 1.06 bits per heavy atom. The van der Waals surface area contributed by atoms with Crippen molar-refractivity contribution >= 4 is 56.5 Å². The first-order chi connectivity index (χ1) is 16.4. The van der Waals surface area contributed by atoms with Gasteiger partial charge in [0.15, 0.2) is 0 Å². The molecule has 1 aliphatic heterocycles. The highest BCUT2D eigenvalue weighted by Gasteiger charge is 2.36. The maximum Gasteiger partial charge on any atom is 0.294 e. The van der Waals surface area contributed by atoms with E-state index in [1.165, 1.54) is 5.56 Å². The van der Waals surface area contributed by atoms with Crippen LogP contribution in [0.25, 0.3) is 6.08 Å². The molecule has 1 saturated heterocycles. The minimum atomic E-state index is -0.485. The number of aryl methyl sites for hydroxylation is 1.